The van der Waals surface area contributed by atoms with Crippen molar-refractivity contribution < 1.29 is 9.53 Å². The van der Waals surface area contributed by atoms with Crippen LogP contribution in [0.1, 0.15) is 45.1 Å². The van der Waals surface area contributed by atoms with Gasteiger partial charge < -0.3 is 9.64 Å². The third-order valence-corrected chi connectivity index (χ3v) is 5.73. The Hall–Kier alpha value is -0.750. The van der Waals surface area contributed by atoms with E-state index < -0.39 is 0 Å². The summed E-state index contributed by atoms with van der Waals surface area (Å²) in [6.07, 6.45) is 4.83. The van der Waals surface area contributed by atoms with Gasteiger partial charge in [0, 0.05) is 36.1 Å². The van der Waals surface area contributed by atoms with Gasteiger partial charge in [-0.1, -0.05) is 24.9 Å². The largest absolute Gasteiger partial charge is 0.367 e. The number of hydrogen-bond donors (Lipinski definition) is 0. The van der Waals surface area contributed by atoms with Gasteiger partial charge in [-0.3, -0.25) is 4.79 Å². The van der Waals surface area contributed by atoms with Gasteiger partial charge in [0.25, 0.3) is 0 Å². The molecule has 0 atom stereocenters. The average Bonchev–Trinajstić information content (AvgIpc) is 2.63. The number of benzene rings is 1. The molecule has 1 heterocycles. The maximum Gasteiger partial charge on any atom is 0.248 e. The minimum Gasteiger partial charge on any atom is -0.367 e. The zero-order valence-electron chi connectivity index (χ0n) is 15.3. The Morgan fingerprint density at radius 3 is 2.72 bits per heavy atom. The van der Waals surface area contributed by atoms with Gasteiger partial charge in [-0.15, -0.1) is 0 Å². The van der Waals surface area contributed by atoms with Crippen LogP contribution < -0.4 is 0 Å². The number of rotatable bonds is 9. The molecule has 0 aliphatic carbocycles. The maximum absolute atomic E-state index is 12.1. The second-order valence-corrected chi connectivity index (χ2v) is 7.88. The molecule has 1 aliphatic heterocycles. The number of carbonyl (C=O) groups is 1. The van der Waals surface area contributed by atoms with Crippen molar-refractivity contribution >= 4 is 29.5 Å². The van der Waals surface area contributed by atoms with Crippen LogP contribution in [0, 0.1) is 0 Å². The van der Waals surface area contributed by atoms with E-state index in [1.807, 2.05) is 17.9 Å². The topological polar surface area (TPSA) is 32.8 Å². The molecule has 1 aromatic rings. The summed E-state index contributed by atoms with van der Waals surface area (Å²) < 4.78 is 8.05. The lowest BCUT2D eigenvalue weighted by atomic mass is 10.2. The highest BCUT2D eigenvalue weighted by Crippen LogP contribution is 2.29. The summed E-state index contributed by atoms with van der Waals surface area (Å²) in [4.78, 5) is 15.1. The molecule has 0 bridgehead atoms. The van der Waals surface area contributed by atoms with E-state index in [0.717, 1.165) is 38.2 Å². The Morgan fingerprint density at radius 2 is 2.04 bits per heavy atom. The van der Waals surface area contributed by atoms with E-state index in [1.165, 1.54) is 24.2 Å². The Bertz CT molecular complexity index is 550. The zero-order valence-corrected chi connectivity index (χ0v) is 16.9. The molecule has 1 amide bonds. The number of halogens is 1. The molecule has 0 N–H and O–H groups in total. The van der Waals surface area contributed by atoms with Crippen LogP contribution >= 0.6 is 23.5 Å². The van der Waals surface area contributed by atoms with Gasteiger partial charge in [-0.25, -0.2) is 4.31 Å². The summed E-state index contributed by atoms with van der Waals surface area (Å²) in [6, 6.07) is 6.05. The summed E-state index contributed by atoms with van der Waals surface area (Å²) in [5.74, 6) is 0.0410. The quantitative estimate of drug-likeness (QED) is 0.582. The fourth-order valence-electron chi connectivity index (χ4n) is 2.89. The van der Waals surface area contributed by atoms with Gasteiger partial charge in [-0.05, 0) is 61.9 Å². The van der Waals surface area contributed by atoms with Crippen LogP contribution in [0.3, 0.4) is 0 Å². The molecule has 2 rings (SSSR count). The number of piperidine rings is 1. The van der Waals surface area contributed by atoms with E-state index in [0.29, 0.717) is 11.6 Å². The summed E-state index contributed by atoms with van der Waals surface area (Å²) in [6.45, 7) is 8.31. The van der Waals surface area contributed by atoms with Gasteiger partial charge in [0.1, 0.15) is 6.61 Å². The highest BCUT2D eigenvalue weighted by atomic mass is 35.5. The number of likely N-dealkylation sites (N-methyl/N-ethyl adjacent to an activating group) is 1. The van der Waals surface area contributed by atoms with Gasteiger partial charge in [-0.2, -0.15) is 0 Å². The second kappa shape index (κ2) is 11.1. The number of carbonyl (C=O) groups excluding carboxylic acids is 1. The first-order chi connectivity index (χ1) is 12.1. The predicted octanol–water partition coefficient (Wildman–Crippen LogP) is 4.61. The van der Waals surface area contributed by atoms with Crippen LogP contribution in [0.15, 0.2) is 23.1 Å². The molecule has 1 aliphatic rings. The molecular weight excluding hydrogens is 356 g/mol. The van der Waals surface area contributed by atoms with Crippen LogP contribution in [-0.4, -0.2) is 47.9 Å². The van der Waals surface area contributed by atoms with E-state index in [1.54, 1.807) is 11.9 Å². The Balaban J connectivity index is 1.86. The third kappa shape index (κ3) is 6.81. The SMILES string of the molecule is CCCN(CC)C(=O)COCc1cc(SN2CCCCC2)ccc1Cl. The predicted molar refractivity (Wildman–Crippen MR) is 105 cm³/mol. The molecule has 1 saturated heterocycles. The maximum atomic E-state index is 12.1. The lowest BCUT2D eigenvalue weighted by Crippen LogP contribution is -2.34. The van der Waals surface area contributed by atoms with Crippen molar-refractivity contribution in [1.82, 2.24) is 9.21 Å². The third-order valence-electron chi connectivity index (χ3n) is 4.28. The van der Waals surface area contributed by atoms with E-state index >= 15 is 0 Å². The monoisotopic (exact) mass is 384 g/mol. The first-order valence-corrected chi connectivity index (χ1v) is 10.4. The van der Waals surface area contributed by atoms with Crippen LogP contribution in [0.2, 0.25) is 5.02 Å². The van der Waals surface area contributed by atoms with Crippen LogP contribution in [0.25, 0.3) is 0 Å². The first-order valence-electron chi connectivity index (χ1n) is 9.21. The van der Waals surface area contributed by atoms with Crippen molar-refractivity contribution in [2.75, 3.05) is 32.8 Å². The van der Waals surface area contributed by atoms with Gasteiger partial charge in [0.15, 0.2) is 0 Å². The summed E-state index contributed by atoms with van der Waals surface area (Å²) in [5.41, 5.74) is 0.940. The second-order valence-electron chi connectivity index (χ2n) is 6.30. The fraction of sp³-hybridized carbons (Fsp3) is 0.632. The lowest BCUT2D eigenvalue weighted by molar-refractivity contribution is -0.136. The molecule has 0 radical (unpaired) electrons. The normalized spacial score (nSPS) is 15.3. The van der Waals surface area contributed by atoms with E-state index in [4.69, 9.17) is 16.3 Å². The standard InChI is InChI=1S/C19H29ClN2O2S/c1-3-10-21(4-2)19(23)15-24-14-16-13-17(8-9-18(16)20)25-22-11-6-5-7-12-22/h8-9,13H,3-7,10-12,14-15H2,1-2H3. The van der Waals surface area contributed by atoms with Crippen LogP contribution in [0.5, 0.6) is 0 Å². The fourth-order valence-corrected chi connectivity index (χ4v) is 4.13. The molecule has 140 valence electrons. The molecule has 0 spiro atoms. The van der Waals surface area contributed by atoms with Crippen molar-refractivity contribution in [3.05, 3.63) is 28.8 Å². The molecule has 1 fully saturated rings. The van der Waals surface area contributed by atoms with Crippen molar-refractivity contribution in [3.63, 3.8) is 0 Å². The molecule has 25 heavy (non-hydrogen) atoms. The van der Waals surface area contributed by atoms with Crippen molar-refractivity contribution in [3.8, 4) is 0 Å². The van der Waals surface area contributed by atoms with Crippen LogP contribution in [0.4, 0.5) is 0 Å². The summed E-state index contributed by atoms with van der Waals surface area (Å²) in [5, 5.41) is 0.691. The van der Waals surface area contributed by atoms with Gasteiger partial charge >= 0.3 is 0 Å². The lowest BCUT2D eigenvalue weighted by Gasteiger charge is -2.25. The highest BCUT2D eigenvalue weighted by Gasteiger charge is 2.14. The summed E-state index contributed by atoms with van der Waals surface area (Å²) in [7, 11) is 0. The Kier molecular flexibility index (Phi) is 9.10. The van der Waals surface area contributed by atoms with E-state index in [-0.39, 0.29) is 12.5 Å². The summed E-state index contributed by atoms with van der Waals surface area (Å²) >= 11 is 8.08. The van der Waals surface area contributed by atoms with Crippen molar-refractivity contribution in [2.24, 2.45) is 0 Å². The molecule has 1 aromatic carbocycles. The molecule has 0 unspecified atom stereocenters. The zero-order chi connectivity index (χ0) is 18.1. The molecule has 0 saturated carbocycles. The van der Waals surface area contributed by atoms with Crippen LogP contribution in [-0.2, 0) is 16.1 Å². The van der Waals surface area contributed by atoms with Crippen molar-refractivity contribution in [1.29, 1.82) is 0 Å². The number of amides is 1. The molecule has 4 nitrogen and oxygen atoms in total. The Morgan fingerprint density at radius 1 is 1.28 bits per heavy atom. The van der Waals surface area contributed by atoms with Gasteiger partial charge in [0.05, 0.1) is 6.61 Å². The average molecular weight is 385 g/mol. The minimum atomic E-state index is 0.0410. The highest BCUT2D eigenvalue weighted by molar-refractivity contribution is 7.97. The number of nitrogens with zero attached hydrogens (tertiary/aromatic N) is 2. The van der Waals surface area contributed by atoms with Crippen molar-refractivity contribution in [2.45, 2.75) is 51.0 Å². The minimum absolute atomic E-state index is 0.0410. The number of hydrogen-bond acceptors (Lipinski definition) is 4. The Labute approximate surface area is 161 Å². The van der Waals surface area contributed by atoms with E-state index in [2.05, 4.69) is 23.4 Å². The molecular formula is C19H29ClN2O2S. The first kappa shape index (κ1) is 20.6. The molecule has 0 aromatic heterocycles. The number of ether oxygens (including phenoxy) is 1. The van der Waals surface area contributed by atoms with Gasteiger partial charge in [0.2, 0.25) is 5.91 Å². The smallest absolute Gasteiger partial charge is 0.248 e. The van der Waals surface area contributed by atoms with E-state index in [9.17, 15) is 4.79 Å². The molecule has 6 heteroatoms.